The number of carbonyl (C=O) groups excluding carboxylic acids is 1. The van der Waals surface area contributed by atoms with Gasteiger partial charge in [0.15, 0.2) is 5.82 Å². The maximum absolute atomic E-state index is 12.1. The number of benzene rings is 1. The van der Waals surface area contributed by atoms with Crippen molar-refractivity contribution >= 4 is 5.91 Å². The van der Waals surface area contributed by atoms with Gasteiger partial charge in [-0.3, -0.25) is 9.36 Å². The summed E-state index contributed by atoms with van der Waals surface area (Å²) in [6.45, 7) is -0.196. The van der Waals surface area contributed by atoms with Crippen LogP contribution in [0.25, 0.3) is 5.69 Å². The third kappa shape index (κ3) is 5.06. The Morgan fingerprint density at radius 1 is 1.35 bits per heavy atom. The van der Waals surface area contributed by atoms with E-state index in [1.165, 1.54) is 13.3 Å². The van der Waals surface area contributed by atoms with Crippen LogP contribution in [0.2, 0.25) is 0 Å². The number of rotatable bonds is 6. The smallest absolute Gasteiger partial charge is 0.359 e. The molecule has 0 aliphatic heterocycles. The van der Waals surface area contributed by atoms with Gasteiger partial charge in [0.25, 0.3) is 0 Å². The molecule has 1 heterocycles. The van der Waals surface area contributed by atoms with E-state index in [0.717, 1.165) is 5.69 Å². The van der Waals surface area contributed by atoms with Crippen molar-refractivity contribution in [3.63, 3.8) is 0 Å². The van der Waals surface area contributed by atoms with Crippen molar-refractivity contribution < 1.29 is 22.7 Å². The second-order valence-corrected chi connectivity index (χ2v) is 4.74. The minimum Gasteiger partial charge on any atom is -0.359 e. The topological polar surface area (TPSA) is 69.0 Å². The average Bonchev–Trinajstić information content (AvgIpc) is 2.99. The quantitative estimate of drug-likeness (QED) is 0.879. The summed E-state index contributed by atoms with van der Waals surface area (Å²) in [5.41, 5.74) is 0.808. The number of nitrogens with zero attached hydrogens (tertiary/aromatic N) is 3. The van der Waals surface area contributed by atoms with Crippen LogP contribution < -0.4 is 5.32 Å². The van der Waals surface area contributed by atoms with Gasteiger partial charge < -0.3 is 10.1 Å². The highest BCUT2D eigenvalue weighted by Gasteiger charge is 2.29. The lowest BCUT2D eigenvalue weighted by atomic mass is 10.3. The Bertz CT molecular complexity index is 643. The van der Waals surface area contributed by atoms with Gasteiger partial charge in [0.1, 0.15) is 19.0 Å². The highest BCUT2D eigenvalue weighted by molar-refractivity contribution is 5.80. The molecule has 0 aliphatic carbocycles. The number of amides is 1. The van der Waals surface area contributed by atoms with Crippen molar-refractivity contribution in [2.24, 2.45) is 0 Å². The van der Waals surface area contributed by atoms with E-state index >= 15 is 0 Å². The first kappa shape index (κ1) is 16.9. The number of halogens is 3. The summed E-state index contributed by atoms with van der Waals surface area (Å²) in [7, 11) is 0. The molecule has 6 nitrogen and oxygen atoms in total. The lowest BCUT2D eigenvalue weighted by molar-refractivity contribution is -0.185. The Hall–Kier alpha value is -2.42. The summed E-state index contributed by atoms with van der Waals surface area (Å²) < 4.78 is 42.3. The standard InChI is InChI=1S/C14H15F3N4O2/c1-10(23-8-14(15,16)17)13(22)18-7-12-20-19-9-21(12)11-5-3-2-4-6-11/h2-6,9-10H,7-8H2,1H3,(H,18,22). The van der Waals surface area contributed by atoms with E-state index in [0.29, 0.717) is 5.82 Å². The lowest BCUT2D eigenvalue weighted by Gasteiger charge is -2.14. The Morgan fingerprint density at radius 3 is 2.70 bits per heavy atom. The second kappa shape index (κ2) is 7.23. The van der Waals surface area contributed by atoms with Crippen molar-refractivity contribution in [1.29, 1.82) is 0 Å². The molecule has 0 fully saturated rings. The van der Waals surface area contributed by atoms with E-state index in [2.05, 4.69) is 20.3 Å². The second-order valence-electron chi connectivity index (χ2n) is 4.74. The molecule has 23 heavy (non-hydrogen) atoms. The molecule has 1 N–H and O–H groups in total. The molecule has 0 spiro atoms. The number of alkyl halides is 3. The molecular formula is C14H15F3N4O2. The van der Waals surface area contributed by atoms with E-state index in [4.69, 9.17) is 0 Å². The number of aromatic nitrogens is 3. The van der Waals surface area contributed by atoms with Crippen molar-refractivity contribution in [3.8, 4) is 5.69 Å². The Kier molecular flexibility index (Phi) is 5.32. The highest BCUT2D eigenvalue weighted by atomic mass is 19.4. The van der Waals surface area contributed by atoms with Crippen LogP contribution in [0.1, 0.15) is 12.7 Å². The normalized spacial score (nSPS) is 12.9. The molecule has 0 bridgehead atoms. The summed E-state index contributed by atoms with van der Waals surface area (Å²) >= 11 is 0. The first-order valence-electron chi connectivity index (χ1n) is 6.77. The summed E-state index contributed by atoms with van der Waals surface area (Å²) in [4.78, 5) is 11.7. The van der Waals surface area contributed by atoms with Gasteiger partial charge in [-0.1, -0.05) is 18.2 Å². The lowest BCUT2D eigenvalue weighted by Crippen LogP contribution is -2.36. The maximum Gasteiger partial charge on any atom is 0.411 e. The Labute approximate surface area is 130 Å². The number of nitrogens with one attached hydrogen (secondary N) is 1. The number of hydrogen-bond donors (Lipinski definition) is 1. The Balaban J connectivity index is 1.92. The van der Waals surface area contributed by atoms with Gasteiger partial charge in [0.05, 0.1) is 6.54 Å². The summed E-state index contributed by atoms with van der Waals surface area (Å²) in [6, 6.07) is 9.21. The molecule has 0 saturated heterocycles. The van der Waals surface area contributed by atoms with Gasteiger partial charge in [-0.15, -0.1) is 10.2 Å². The van der Waals surface area contributed by atoms with Crippen molar-refractivity contribution in [2.75, 3.05) is 6.61 Å². The van der Waals surface area contributed by atoms with E-state index in [-0.39, 0.29) is 6.54 Å². The van der Waals surface area contributed by atoms with Gasteiger partial charge in [0.2, 0.25) is 5.91 Å². The van der Waals surface area contributed by atoms with E-state index in [9.17, 15) is 18.0 Å². The van der Waals surface area contributed by atoms with Gasteiger partial charge in [-0.2, -0.15) is 13.2 Å². The van der Waals surface area contributed by atoms with Crippen molar-refractivity contribution in [1.82, 2.24) is 20.1 Å². The van der Waals surface area contributed by atoms with Crippen LogP contribution >= 0.6 is 0 Å². The molecule has 1 aromatic heterocycles. The fourth-order valence-electron chi connectivity index (χ4n) is 1.79. The molecule has 0 saturated carbocycles. The van der Waals surface area contributed by atoms with E-state index < -0.39 is 24.8 Å². The number of hydrogen-bond acceptors (Lipinski definition) is 4. The minimum absolute atomic E-state index is 0.0213. The zero-order valence-corrected chi connectivity index (χ0v) is 12.2. The molecule has 2 aromatic rings. The minimum atomic E-state index is -4.47. The third-order valence-corrected chi connectivity index (χ3v) is 2.94. The molecule has 0 radical (unpaired) electrons. The SMILES string of the molecule is CC(OCC(F)(F)F)C(=O)NCc1nncn1-c1ccccc1. The van der Waals surface area contributed by atoms with Crippen LogP contribution in [-0.2, 0) is 16.1 Å². The molecule has 1 unspecified atom stereocenters. The predicted molar refractivity (Wildman–Crippen MR) is 74.7 cm³/mol. The first-order valence-corrected chi connectivity index (χ1v) is 6.77. The molecule has 9 heteroatoms. The number of ether oxygens (including phenoxy) is 1. The molecular weight excluding hydrogens is 313 g/mol. The van der Waals surface area contributed by atoms with Crippen LogP contribution in [-0.4, -0.2) is 39.6 Å². The molecule has 1 aromatic carbocycles. The van der Waals surface area contributed by atoms with E-state index in [1.807, 2.05) is 30.3 Å². The Morgan fingerprint density at radius 2 is 2.04 bits per heavy atom. The number of carbonyl (C=O) groups is 1. The van der Waals surface area contributed by atoms with Crippen LogP contribution in [0.3, 0.4) is 0 Å². The average molecular weight is 328 g/mol. The fraction of sp³-hybridized carbons (Fsp3) is 0.357. The summed E-state index contributed by atoms with van der Waals surface area (Å²) in [5.74, 6) is -0.204. The molecule has 1 amide bonds. The van der Waals surface area contributed by atoms with Crippen molar-refractivity contribution in [3.05, 3.63) is 42.5 Å². The highest BCUT2D eigenvalue weighted by Crippen LogP contribution is 2.15. The molecule has 1 atom stereocenters. The zero-order valence-electron chi connectivity index (χ0n) is 12.2. The monoisotopic (exact) mass is 328 g/mol. The predicted octanol–water partition coefficient (Wildman–Crippen LogP) is 1.85. The van der Waals surface area contributed by atoms with Gasteiger partial charge in [-0.05, 0) is 19.1 Å². The van der Waals surface area contributed by atoms with E-state index in [1.54, 1.807) is 4.57 Å². The fourth-order valence-corrected chi connectivity index (χ4v) is 1.79. The van der Waals surface area contributed by atoms with Gasteiger partial charge in [-0.25, -0.2) is 0 Å². The van der Waals surface area contributed by atoms with Crippen LogP contribution in [0.15, 0.2) is 36.7 Å². The van der Waals surface area contributed by atoms with Crippen LogP contribution in [0, 0.1) is 0 Å². The molecule has 124 valence electrons. The maximum atomic E-state index is 12.1. The summed E-state index contributed by atoms with van der Waals surface area (Å²) in [5, 5.41) is 10.1. The van der Waals surface area contributed by atoms with Gasteiger partial charge in [0, 0.05) is 5.69 Å². The molecule has 2 rings (SSSR count). The van der Waals surface area contributed by atoms with Crippen molar-refractivity contribution in [2.45, 2.75) is 25.7 Å². The van der Waals surface area contributed by atoms with Crippen LogP contribution in [0.4, 0.5) is 13.2 Å². The summed E-state index contributed by atoms with van der Waals surface area (Å²) in [6.07, 6.45) is -4.20. The largest absolute Gasteiger partial charge is 0.411 e. The zero-order chi connectivity index (χ0) is 16.9. The van der Waals surface area contributed by atoms with Crippen LogP contribution in [0.5, 0.6) is 0 Å². The van der Waals surface area contributed by atoms with Gasteiger partial charge >= 0.3 is 6.18 Å². The molecule has 0 aliphatic rings. The number of para-hydroxylation sites is 1. The first-order chi connectivity index (χ1) is 10.9. The third-order valence-electron chi connectivity index (χ3n) is 2.94.